The lowest BCUT2D eigenvalue weighted by molar-refractivity contribution is -0.140. The number of rotatable bonds is 5. The minimum absolute atomic E-state index is 0.381. The first-order chi connectivity index (χ1) is 11.6. The van der Waals surface area contributed by atoms with Crippen molar-refractivity contribution in [1.29, 1.82) is 0 Å². The van der Waals surface area contributed by atoms with E-state index in [0.29, 0.717) is 24.4 Å². The van der Waals surface area contributed by atoms with Gasteiger partial charge in [-0.05, 0) is 55.3 Å². The first-order valence-electron chi connectivity index (χ1n) is 9.38. The molecule has 6 heteroatoms. The number of ether oxygens (including phenoxy) is 1. The molecule has 0 aromatic heterocycles. The van der Waals surface area contributed by atoms with Crippen molar-refractivity contribution in [2.24, 2.45) is 29.6 Å². The van der Waals surface area contributed by atoms with Crippen molar-refractivity contribution in [2.45, 2.75) is 57.4 Å². The number of nitrogens with one attached hydrogen (secondary N) is 1. The van der Waals surface area contributed by atoms with Crippen molar-refractivity contribution in [2.75, 3.05) is 13.2 Å². The van der Waals surface area contributed by atoms with Gasteiger partial charge in [-0.1, -0.05) is 25.7 Å². The number of alkyl carbamates (subject to hydrolysis) is 1. The molecule has 0 bridgehead atoms. The molecule has 0 saturated heterocycles. The molecule has 0 aromatic carbocycles. The Morgan fingerprint density at radius 3 is 1.92 bits per heavy atom. The second kappa shape index (κ2) is 7.72. The van der Waals surface area contributed by atoms with Crippen molar-refractivity contribution in [3.8, 4) is 0 Å². The Morgan fingerprint density at radius 1 is 0.958 bits per heavy atom. The Morgan fingerprint density at radius 2 is 1.46 bits per heavy atom. The third kappa shape index (κ3) is 3.53. The highest BCUT2D eigenvalue weighted by Crippen LogP contribution is 2.57. The molecule has 0 spiro atoms. The zero-order valence-electron chi connectivity index (χ0n) is 14.2. The lowest BCUT2D eigenvalue weighted by Gasteiger charge is -2.32. The lowest BCUT2D eigenvalue weighted by Crippen LogP contribution is -2.44. The van der Waals surface area contributed by atoms with Crippen molar-refractivity contribution < 1.29 is 24.5 Å². The van der Waals surface area contributed by atoms with Gasteiger partial charge in [0, 0.05) is 0 Å². The number of hydrogen-bond donors (Lipinski definition) is 3. The van der Waals surface area contributed by atoms with E-state index in [1.54, 1.807) is 0 Å². The Labute approximate surface area is 143 Å². The third-order valence-corrected chi connectivity index (χ3v) is 6.58. The molecule has 3 rings (SSSR count). The van der Waals surface area contributed by atoms with Crippen LogP contribution in [0.2, 0.25) is 0 Å². The maximum absolute atomic E-state index is 11.9. The SMILES string of the molecule is O=C(NC(CO)C(=O)O)OCC1C2CCCCC2C2CCCCC21. The van der Waals surface area contributed by atoms with Gasteiger partial charge in [-0.15, -0.1) is 0 Å². The molecule has 1 amide bonds. The van der Waals surface area contributed by atoms with Gasteiger partial charge in [0.2, 0.25) is 0 Å². The molecule has 5 atom stereocenters. The van der Waals surface area contributed by atoms with Gasteiger partial charge >= 0.3 is 12.1 Å². The number of aliphatic carboxylic acids is 1. The number of carboxylic acid groups (broad SMARTS) is 1. The van der Waals surface area contributed by atoms with E-state index in [-0.39, 0.29) is 0 Å². The Hall–Kier alpha value is -1.30. The summed E-state index contributed by atoms with van der Waals surface area (Å²) in [6.07, 6.45) is 9.58. The fourth-order valence-electron chi connectivity index (χ4n) is 5.61. The average molecular weight is 339 g/mol. The second-order valence-corrected chi connectivity index (χ2v) is 7.70. The molecular weight excluding hydrogens is 310 g/mol. The van der Waals surface area contributed by atoms with Crippen LogP contribution in [-0.4, -0.2) is 41.5 Å². The van der Waals surface area contributed by atoms with Gasteiger partial charge in [-0.2, -0.15) is 0 Å². The molecule has 3 saturated carbocycles. The molecule has 0 radical (unpaired) electrons. The largest absolute Gasteiger partial charge is 0.480 e. The molecule has 3 fully saturated rings. The van der Waals surface area contributed by atoms with Crippen LogP contribution in [0, 0.1) is 29.6 Å². The molecule has 136 valence electrons. The minimum Gasteiger partial charge on any atom is -0.480 e. The van der Waals surface area contributed by atoms with Crippen LogP contribution >= 0.6 is 0 Å². The summed E-state index contributed by atoms with van der Waals surface area (Å²) in [5.41, 5.74) is 0. The third-order valence-electron chi connectivity index (χ3n) is 6.58. The highest BCUT2D eigenvalue weighted by molar-refractivity contribution is 5.79. The molecule has 3 aliphatic carbocycles. The summed E-state index contributed by atoms with van der Waals surface area (Å²) in [5, 5.41) is 20.1. The molecule has 3 aliphatic rings. The van der Waals surface area contributed by atoms with Gasteiger partial charge in [0.05, 0.1) is 13.2 Å². The summed E-state index contributed by atoms with van der Waals surface area (Å²) in [6.45, 7) is -0.255. The van der Waals surface area contributed by atoms with E-state index >= 15 is 0 Å². The highest BCUT2D eigenvalue weighted by atomic mass is 16.5. The van der Waals surface area contributed by atoms with Gasteiger partial charge in [0.25, 0.3) is 0 Å². The van der Waals surface area contributed by atoms with Gasteiger partial charge in [-0.25, -0.2) is 9.59 Å². The number of aliphatic hydroxyl groups is 1. The Kier molecular flexibility index (Phi) is 5.64. The van der Waals surface area contributed by atoms with Crippen molar-refractivity contribution in [3.05, 3.63) is 0 Å². The fraction of sp³-hybridized carbons (Fsp3) is 0.889. The van der Waals surface area contributed by atoms with Crippen LogP contribution in [0.15, 0.2) is 0 Å². The normalized spacial score (nSPS) is 36.3. The summed E-state index contributed by atoms with van der Waals surface area (Å²) in [7, 11) is 0. The lowest BCUT2D eigenvalue weighted by atomic mass is 9.73. The standard InChI is InChI=1S/C18H29NO5/c20-9-16(17(21)22)19-18(23)24-10-15-13-7-3-1-5-11(13)12-6-2-4-8-14(12)15/h11-16,20H,1-10H2,(H,19,23)(H,21,22). The predicted octanol–water partition coefficient (Wildman–Crippen LogP) is 2.40. The predicted molar refractivity (Wildman–Crippen MR) is 87.4 cm³/mol. The summed E-state index contributed by atoms with van der Waals surface area (Å²) in [6, 6.07) is -1.30. The average Bonchev–Trinajstić information content (AvgIpc) is 2.91. The number of carbonyl (C=O) groups is 2. The van der Waals surface area contributed by atoms with Crippen LogP contribution < -0.4 is 5.32 Å². The van der Waals surface area contributed by atoms with Crippen LogP contribution in [0.25, 0.3) is 0 Å². The number of hydrogen-bond acceptors (Lipinski definition) is 4. The van der Waals surface area contributed by atoms with Gasteiger partial charge in [0.1, 0.15) is 0 Å². The molecular formula is C18H29NO5. The maximum Gasteiger partial charge on any atom is 0.407 e. The highest BCUT2D eigenvalue weighted by Gasteiger charge is 2.51. The first-order valence-corrected chi connectivity index (χ1v) is 9.38. The molecule has 0 aliphatic heterocycles. The second-order valence-electron chi connectivity index (χ2n) is 7.70. The van der Waals surface area contributed by atoms with E-state index in [1.165, 1.54) is 51.4 Å². The van der Waals surface area contributed by atoms with Crippen molar-refractivity contribution >= 4 is 12.1 Å². The van der Waals surface area contributed by atoms with E-state index in [2.05, 4.69) is 5.32 Å². The van der Waals surface area contributed by atoms with E-state index in [1.807, 2.05) is 0 Å². The summed E-state index contributed by atoms with van der Waals surface area (Å²) >= 11 is 0. The van der Waals surface area contributed by atoms with Crippen LogP contribution in [0.1, 0.15) is 51.4 Å². The van der Waals surface area contributed by atoms with E-state index < -0.39 is 24.7 Å². The van der Waals surface area contributed by atoms with Crippen molar-refractivity contribution in [3.63, 3.8) is 0 Å². The van der Waals surface area contributed by atoms with Gasteiger partial charge in [-0.3, -0.25) is 0 Å². The topological polar surface area (TPSA) is 95.9 Å². The monoisotopic (exact) mass is 339 g/mol. The summed E-state index contributed by atoms with van der Waals surface area (Å²) in [4.78, 5) is 22.8. The first kappa shape index (κ1) is 17.5. The Balaban J connectivity index is 1.58. The Bertz CT molecular complexity index is 446. The molecule has 0 aromatic rings. The van der Waals surface area contributed by atoms with Crippen molar-refractivity contribution in [1.82, 2.24) is 5.32 Å². The van der Waals surface area contributed by atoms with Gasteiger partial charge in [0.15, 0.2) is 6.04 Å². The van der Waals surface area contributed by atoms with Crippen LogP contribution in [0.5, 0.6) is 0 Å². The minimum atomic E-state index is -1.30. The number of carboxylic acids is 1. The molecule has 5 unspecified atom stereocenters. The molecule has 24 heavy (non-hydrogen) atoms. The molecule has 0 heterocycles. The van der Waals surface area contributed by atoms with Crippen LogP contribution in [0.3, 0.4) is 0 Å². The quantitative estimate of drug-likeness (QED) is 0.715. The van der Waals surface area contributed by atoms with Crippen LogP contribution in [0.4, 0.5) is 4.79 Å². The van der Waals surface area contributed by atoms with Crippen LogP contribution in [-0.2, 0) is 9.53 Å². The molecule has 6 nitrogen and oxygen atoms in total. The zero-order valence-corrected chi connectivity index (χ0v) is 14.2. The number of carbonyl (C=O) groups excluding carboxylic acids is 1. The maximum atomic E-state index is 11.9. The summed E-state index contributed by atoms with van der Waals surface area (Å²) in [5.74, 6) is 2.08. The summed E-state index contributed by atoms with van der Waals surface area (Å²) < 4.78 is 5.38. The number of aliphatic hydroxyl groups excluding tert-OH is 1. The molecule has 3 N–H and O–H groups in total. The smallest absolute Gasteiger partial charge is 0.407 e. The number of amides is 1. The fourth-order valence-corrected chi connectivity index (χ4v) is 5.61. The zero-order chi connectivity index (χ0) is 17.1. The number of fused-ring (bicyclic) bond motifs is 3. The van der Waals surface area contributed by atoms with E-state index in [9.17, 15) is 9.59 Å². The van der Waals surface area contributed by atoms with Gasteiger partial charge < -0.3 is 20.3 Å². The van der Waals surface area contributed by atoms with E-state index in [4.69, 9.17) is 14.9 Å². The van der Waals surface area contributed by atoms with E-state index in [0.717, 1.165) is 11.8 Å².